The van der Waals surface area contributed by atoms with Gasteiger partial charge in [-0.15, -0.1) is 0 Å². The molecular formula is C60H99NO8P+. The van der Waals surface area contributed by atoms with Gasteiger partial charge in [0.2, 0.25) is 0 Å². The van der Waals surface area contributed by atoms with Crippen molar-refractivity contribution in [3.05, 3.63) is 134 Å². The summed E-state index contributed by atoms with van der Waals surface area (Å²) >= 11 is 0. The van der Waals surface area contributed by atoms with Gasteiger partial charge in [-0.05, 0) is 96.3 Å². The topological polar surface area (TPSA) is 108 Å². The van der Waals surface area contributed by atoms with Crippen LogP contribution in [0.2, 0.25) is 0 Å². The number of carbonyl (C=O) groups excluding carboxylic acids is 2. The van der Waals surface area contributed by atoms with Crippen LogP contribution in [-0.2, 0) is 32.7 Å². The number of nitrogens with zero attached hydrogens (tertiary/aromatic N) is 1. The molecule has 0 aliphatic rings. The first kappa shape index (κ1) is 66.2. The van der Waals surface area contributed by atoms with E-state index in [2.05, 4.69) is 148 Å². The molecule has 0 aromatic carbocycles. The summed E-state index contributed by atoms with van der Waals surface area (Å²) in [5.74, 6) is -0.839. The Morgan fingerprint density at radius 2 is 0.814 bits per heavy atom. The Hall–Kier alpha value is -3.85. The molecule has 2 unspecified atom stereocenters. The number of esters is 2. The number of likely N-dealkylation sites (N-methyl/N-ethyl adjacent to an activating group) is 1. The molecule has 0 radical (unpaired) electrons. The molecule has 0 fully saturated rings. The minimum Gasteiger partial charge on any atom is -0.462 e. The number of allylic oxidation sites excluding steroid dienone is 22. The zero-order valence-electron chi connectivity index (χ0n) is 44.7. The zero-order chi connectivity index (χ0) is 51.3. The summed E-state index contributed by atoms with van der Waals surface area (Å²) in [6.07, 6.45) is 72.7. The van der Waals surface area contributed by atoms with E-state index in [0.29, 0.717) is 17.4 Å². The summed E-state index contributed by atoms with van der Waals surface area (Å²) in [6.45, 7) is 4.21. The molecule has 0 saturated heterocycles. The smallest absolute Gasteiger partial charge is 0.462 e. The van der Waals surface area contributed by atoms with Crippen molar-refractivity contribution in [3.8, 4) is 0 Å². The zero-order valence-corrected chi connectivity index (χ0v) is 45.6. The minimum absolute atomic E-state index is 0.0214. The predicted molar refractivity (Wildman–Crippen MR) is 297 cm³/mol. The number of ether oxygens (including phenoxy) is 2. The number of phosphoric acid groups is 1. The molecule has 0 aromatic rings. The Morgan fingerprint density at radius 3 is 1.21 bits per heavy atom. The molecule has 0 heterocycles. The fraction of sp³-hybridized carbons (Fsp3) is 0.600. The van der Waals surface area contributed by atoms with Crippen molar-refractivity contribution >= 4 is 19.8 Å². The third-order valence-electron chi connectivity index (χ3n) is 10.7. The van der Waals surface area contributed by atoms with Crippen LogP contribution in [-0.4, -0.2) is 74.9 Å². The second kappa shape index (κ2) is 50.1. The van der Waals surface area contributed by atoms with Gasteiger partial charge >= 0.3 is 19.8 Å². The SMILES string of the molecule is CC/C=C\C/C=C\C/C=C\C/C=C\C/C=C\C/C=C\C/C=C\C/C=C\C/C=C\C/C=C\C/C=C\CCCCCCCC(=O)OC(COC(=O)CCCCCCCCC)COP(=O)(O)OCC[N+](C)(C)C. The van der Waals surface area contributed by atoms with Crippen LogP contribution in [0.15, 0.2) is 134 Å². The maximum atomic E-state index is 12.7. The highest BCUT2D eigenvalue weighted by molar-refractivity contribution is 7.47. The quantitative estimate of drug-likeness (QED) is 0.0211. The van der Waals surface area contributed by atoms with E-state index in [9.17, 15) is 19.0 Å². The van der Waals surface area contributed by atoms with E-state index in [1.165, 1.54) is 19.3 Å². The molecule has 0 aliphatic heterocycles. The van der Waals surface area contributed by atoms with Gasteiger partial charge < -0.3 is 18.9 Å². The van der Waals surface area contributed by atoms with Crippen LogP contribution in [0.1, 0.15) is 181 Å². The van der Waals surface area contributed by atoms with Crippen LogP contribution in [0.5, 0.6) is 0 Å². The van der Waals surface area contributed by atoms with Crippen molar-refractivity contribution < 1.29 is 42.1 Å². The van der Waals surface area contributed by atoms with Crippen molar-refractivity contribution in [3.63, 3.8) is 0 Å². The molecule has 0 aliphatic carbocycles. The molecule has 9 nitrogen and oxygen atoms in total. The number of quaternary nitrogens is 1. The van der Waals surface area contributed by atoms with Gasteiger partial charge in [0, 0.05) is 12.8 Å². The van der Waals surface area contributed by atoms with Crippen LogP contribution >= 0.6 is 7.82 Å². The number of unbranched alkanes of at least 4 members (excludes halogenated alkanes) is 11. The fourth-order valence-corrected chi connectivity index (χ4v) is 7.29. The van der Waals surface area contributed by atoms with Gasteiger partial charge in [-0.2, -0.15) is 0 Å². The van der Waals surface area contributed by atoms with E-state index >= 15 is 0 Å². The first-order chi connectivity index (χ1) is 34.0. The van der Waals surface area contributed by atoms with Crippen LogP contribution in [0, 0.1) is 0 Å². The Morgan fingerprint density at radius 1 is 0.457 bits per heavy atom. The normalized spacial score (nSPS) is 14.4. The standard InChI is InChI=1S/C60H98NO8P/c1-6-8-10-12-14-15-16-17-18-19-20-21-22-23-24-25-26-27-28-29-30-31-32-33-34-35-36-37-38-39-40-41-42-43-44-45-47-49-51-53-60(63)69-58(57-68-70(64,65)67-55-54-61(3,4)5)56-66-59(62)52-50-48-46-13-11-9-7-2/h8,10,14-15,17-18,20-21,23-24,26-27,29-30,32-33,35-36,38-39,41-42,58H,6-7,9,11-13,16,19,22,25,28,31,34,37,40,43-57H2,1-5H3/p+1/b10-8-,15-14-,18-17-,21-20-,24-23-,27-26-,30-29-,33-32-,36-35-,39-38-,42-41-. The first-order valence-electron chi connectivity index (χ1n) is 26.9. The lowest BCUT2D eigenvalue weighted by Crippen LogP contribution is -2.37. The number of carbonyl (C=O) groups is 2. The number of hydrogen-bond acceptors (Lipinski definition) is 7. The van der Waals surface area contributed by atoms with Gasteiger partial charge in [-0.1, -0.05) is 205 Å². The lowest BCUT2D eigenvalue weighted by molar-refractivity contribution is -0.870. The first-order valence-corrected chi connectivity index (χ1v) is 28.4. The number of hydrogen-bond donors (Lipinski definition) is 1. The van der Waals surface area contributed by atoms with Gasteiger partial charge in [-0.3, -0.25) is 18.6 Å². The molecule has 0 bridgehead atoms. The molecule has 0 aromatic heterocycles. The van der Waals surface area contributed by atoms with E-state index in [4.69, 9.17) is 18.5 Å². The average molecular weight is 993 g/mol. The van der Waals surface area contributed by atoms with Gasteiger partial charge in [0.1, 0.15) is 19.8 Å². The summed E-state index contributed by atoms with van der Waals surface area (Å²) in [5, 5.41) is 0. The summed E-state index contributed by atoms with van der Waals surface area (Å²) in [4.78, 5) is 35.3. The van der Waals surface area contributed by atoms with E-state index in [-0.39, 0.29) is 32.0 Å². The Kier molecular flexibility index (Phi) is 47.3. The summed E-state index contributed by atoms with van der Waals surface area (Å²) in [5.41, 5.74) is 0. The van der Waals surface area contributed by atoms with E-state index in [0.717, 1.165) is 128 Å². The summed E-state index contributed by atoms with van der Waals surface area (Å²) < 4.78 is 34.2. The van der Waals surface area contributed by atoms with Crippen LogP contribution in [0.4, 0.5) is 0 Å². The minimum atomic E-state index is -4.38. The predicted octanol–water partition coefficient (Wildman–Crippen LogP) is 16.6. The van der Waals surface area contributed by atoms with E-state index in [1.54, 1.807) is 0 Å². The average Bonchev–Trinajstić information content (AvgIpc) is 3.32. The lowest BCUT2D eigenvalue weighted by atomic mass is 10.1. The largest absolute Gasteiger partial charge is 0.472 e. The Balaban J connectivity index is 4.10. The number of rotatable bonds is 47. The Bertz CT molecular complexity index is 1640. The van der Waals surface area contributed by atoms with Crippen LogP contribution < -0.4 is 0 Å². The van der Waals surface area contributed by atoms with E-state index < -0.39 is 26.5 Å². The maximum absolute atomic E-state index is 12.7. The van der Waals surface area contributed by atoms with Crippen molar-refractivity contribution in [1.29, 1.82) is 0 Å². The lowest BCUT2D eigenvalue weighted by Gasteiger charge is -2.24. The van der Waals surface area contributed by atoms with Gasteiger partial charge in [0.15, 0.2) is 6.10 Å². The van der Waals surface area contributed by atoms with Gasteiger partial charge in [0.05, 0.1) is 27.7 Å². The molecular weight excluding hydrogens is 894 g/mol. The highest BCUT2D eigenvalue weighted by atomic mass is 31.2. The summed E-state index contributed by atoms with van der Waals surface area (Å²) in [7, 11) is 1.44. The fourth-order valence-electron chi connectivity index (χ4n) is 6.55. The van der Waals surface area contributed by atoms with Crippen molar-refractivity contribution in [2.24, 2.45) is 0 Å². The molecule has 1 N–H and O–H groups in total. The molecule has 0 rings (SSSR count). The van der Waals surface area contributed by atoms with Gasteiger partial charge in [-0.25, -0.2) is 4.57 Å². The van der Waals surface area contributed by atoms with E-state index in [1.807, 2.05) is 21.1 Å². The van der Waals surface area contributed by atoms with Gasteiger partial charge in [0.25, 0.3) is 0 Å². The van der Waals surface area contributed by atoms with Crippen LogP contribution in [0.3, 0.4) is 0 Å². The maximum Gasteiger partial charge on any atom is 0.472 e. The number of phosphoric ester groups is 1. The molecule has 0 saturated carbocycles. The Labute approximate surface area is 428 Å². The monoisotopic (exact) mass is 993 g/mol. The van der Waals surface area contributed by atoms with Crippen molar-refractivity contribution in [2.75, 3.05) is 47.5 Å². The molecule has 0 spiro atoms. The van der Waals surface area contributed by atoms with Crippen molar-refractivity contribution in [1.82, 2.24) is 0 Å². The third-order valence-corrected chi connectivity index (χ3v) is 11.7. The highest BCUT2D eigenvalue weighted by Crippen LogP contribution is 2.43. The van der Waals surface area contributed by atoms with Crippen LogP contribution in [0.25, 0.3) is 0 Å². The second-order valence-corrected chi connectivity index (χ2v) is 20.0. The third kappa shape index (κ3) is 53.5. The molecule has 396 valence electrons. The molecule has 0 amide bonds. The second-order valence-electron chi connectivity index (χ2n) is 18.5. The molecule has 10 heteroatoms. The molecule has 2 atom stereocenters. The molecule has 70 heavy (non-hydrogen) atoms. The van der Waals surface area contributed by atoms with Crippen molar-refractivity contribution in [2.45, 2.75) is 187 Å². The summed E-state index contributed by atoms with van der Waals surface area (Å²) in [6, 6.07) is 0. The highest BCUT2D eigenvalue weighted by Gasteiger charge is 2.27.